The first-order valence-corrected chi connectivity index (χ1v) is 3.73. The number of aliphatic hydroxyl groups is 3. The Morgan fingerprint density at radius 3 is 2.42 bits per heavy atom. The summed E-state index contributed by atoms with van der Waals surface area (Å²) in [6.07, 6.45) is -3.36. The molecule has 0 aromatic rings. The molecule has 1 fully saturated rings. The molecule has 1 rings (SSSR count). The van der Waals surface area contributed by atoms with Gasteiger partial charge in [-0.2, -0.15) is 0 Å². The highest BCUT2D eigenvalue weighted by Gasteiger charge is 2.48. The van der Waals surface area contributed by atoms with Crippen molar-refractivity contribution >= 4 is 0 Å². The van der Waals surface area contributed by atoms with E-state index in [1.807, 2.05) is 0 Å². The van der Waals surface area contributed by atoms with Gasteiger partial charge in [0.25, 0.3) is 0 Å². The molecule has 1 saturated heterocycles. The minimum Gasteiger partial charge on any atom is -0.388 e. The first kappa shape index (κ1) is 9.88. The number of methoxy groups -OCH3 is 1. The van der Waals surface area contributed by atoms with Crippen LogP contribution in [0, 0.1) is 0 Å². The molecule has 1 aliphatic heterocycles. The summed E-state index contributed by atoms with van der Waals surface area (Å²) in [5.74, 6) is 0. The fourth-order valence-corrected chi connectivity index (χ4v) is 1.20. The summed E-state index contributed by atoms with van der Waals surface area (Å²) in [6.45, 7) is 1.39. The van der Waals surface area contributed by atoms with Crippen molar-refractivity contribution < 1.29 is 24.8 Å². The van der Waals surface area contributed by atoms with E-state index in [-0.39, 0.29) is 6.61 Å². The van der Waals surface area contributed by atoms with Gasteiger partial charge in [0, 0.05) is 7.11 Å². The van der Waals surface area contributed by atoms with Gasteiger partial charge in [0.1, 0.15) is 17.8 Å². The van der Waals surface area contributed by atoms with Gasteiger partial charge >= 0.3 is 0 Å². The maximum absolute atomic E-state index is 9.45. The molecule has 0 radical (unpaired) electrons. The van der Waals surface area contributed by atoms with Crippen LogP contribution in [-0.4, -0.2) is 53.1 Å². The minimum atomic E-state index is -1.25. The highest BCUT2D eigenvalue weighted by atomic mass is 16.6. The topological polar surface area (TPSA) is 79.2 Å². The maximum atomic E-state index is 9.45. The van der Waals surface area contributed by atoms with Crippen LogP contribution in [-0.2, 0) is 9.47 Å². The van der Waals surface area contributed by atoms with Crippen molar-refractivity contribution in [3.63, 3.8) is 0 Å². The van der Waals surface area contributed by atoms with Gasteiger partial charge in [0.15, 0.2) is 6.29 Å². The SMILES string of the molecule is CO[C@@]1(C)[C@H](O)OC[C@H](O)[C@H]1O. The number of rotatable bonds is 1. The second kappa shape index (κ2) is 3.27. The van der Waals surface area contributed by atoms with Gasteiger partial charge in [0.2, 0.25) is 0 Å². The lowest BCUT2D eigenvalue weighted by molar-refractivity contribution is -0.303. The Balaban J connectivity index is 2.78. The van der Waals surface area contributed by atoms with Crippen molar-refractivity contribution in [1.82, 2.24) is 0 Å². The molecular weight excluding hydrogens is 164 g/mol. The zero-order valence-electron chi connectivity index (χ0n) is 7.10. The van der Waals surface area contributed by atoms with Gasteiger partial charge in [-0.1, -0.05) is 0 Å². The number of aliphatic hydroxyl groups excluding tert-OH is 3. The Bertz CT molecular complexity index is 162. The molecule has 72 valence electrons. The van der Waals surface area contributed by atoms with E-state index in [0.29, 0.717) is 0 Å². The largest absolute Gasteiger partial charge is 0.388 e. The summed E-state index contributed by atoms with van der Waals surface area (Å²) >= 11 is 0. The smallest absolute Gasteiger partial charge is 0.186 e. The van der Waals surface area contributed by atoms with E-state index >= 15 is 0 Å². The van der Waals surface area contributed by atoms with E-state index in [1.54, 1.807) is 0 Å². The molecule has 0 amide bonds. The highest BCUT2D eigenvalue weighted by Crippen LogP contribution is 2.27. The van der Waals surface area contributed by atoms with Crippen LogP contribution in [0.1, 0.15) is 6.92 Å². The highest BCUT2D eigenvalue weighted by molar-refractivity contribution is 4.94. The van der Waals surface area contributed by atoms with Gasteiger partial charge in [0.05, 0.1) is 6.61 Å². The molecule has 1 heterocycles. The minimum absolute atomic E-state index is 0.0821. The lowest BCUT2D eigenvalue weighted by atomic mass is 9.91. The second-order valence-corrected chi connectivity index (χ2v) is 3.09. The molecule has 0 saturated carbocycles. The molecule has 5 nitrogen and oxygen atoms in total. The van der Waals surface area contributed by atoms with Gasteiger partial charge in [-0.25, -0.2) is 0 Å². The molecule has 0 aliphatic carbocycles. The monoisotopic (exact) mass is 178 g/mol. The van der Waals surface area contributed by atoms with Crippen LogP contribution in [0.2, 0.25) is 0 Å². The number of hydrogen-bond donors (Lipinski definition) is 3. The van der Waals surface area contributed by atoms with Crippen LogP contribution in [0.3, 0.4) is 0 Å². The normalized spacial score (nSPS) is 49.2. The molecule has 1 aliphatic rings. The van der Waals surface area contributed by atoms with Gasteiger partial charge in [-0.15, -0.1) is 0 Å². The zero-order chi connectivity index (χ0) is 9.35. The van der Waals surface area contributed by atoms with Crippen molar-refractivity contribution in [2.75, 3.05) is 13.7 Å². The van der Waals surface area contributed by atoms with E-state index in [4.69, 9.17) is 9.47 Å². The van der Waals surface area contributed by atoms with Crippen molar-refractivity contribution in [1.29, 1.82) is 0 Å². The molecule has 0 aromatic carbocycles. The molecule has 12 heavy (non-hydrogen) atoms. The van der Waals surface area contributed by atoms with E-state index in [9.17, 15) is 15.3 Å². The molecule has 0 aromatic heterocycles. The third-order valence-corrected chi connectivity index (χ3v) is 2.31. The van der Waals surface area contributed by atoms with E-state index in [2.05, 4.69) is 0 Å². The molecule has 0 bridgehead atoms. The van der Waals surface area contributed by atoms with Crippen LogP contribution < -0.4 is 0 Å². The van der Waals surface area contributed by atoms with E-state index < -0.39 is 24.1 Å². The van der Waals surface area contributed by atoms with Crippen molar-refractivity contribution in [2.45, 2.75) is 31.0 Å². The summed E-state index contributed by atoms with van der Waals surface area (Å²) in [4.78, 5) is 0. The van der Waals surface area contributed by atoms with Crippen LogP contribution in [0.4, 0.5) is 0 Å². The van der Waals surface area contributed by atoms with Gasteiger partial charge in [-0.3, -0.25) is 0 Å². The van der Waals surface area contributed by atoms with E-state index in [0.717, 1.165) is 0 Å². The Kier molecular flexibility index (Phi) is 2.70. The third-order valence-electron chi connectivity index (χ3n) is 2.31. The molecule has 0 spiro atoms. The molecule has 4 atom stereocenters. The summed E-state index contributed by atoms with van der Waals surface area (Å²) in [5, 5.41) is 27.9. The molecular formula is C7H14O5. The second-order valence-electron chi connectivity index (χ2n) is 3.09. The average Bonchev–Trinajstić information content (AvgIpc) is 2.08. The summed E-state index contributed by atoms with van der Waals surface area (Å²) in [5.41, 5.74) is -1.25. The Labute approximate surface area is 70.5 Å². The standard InChI is InChI=1S/C7H14O5/c1-7(11-2)5(9)4(8)3-12-6(7)10/h4-6,8-10H,3H2,1-2H3/t4-,5+,6+,7+/m0/s1. The fraction of sp³-hybridized carbons (Fsp3) is 1.00. The first-order valence-electron chi connectivity index (χ1n) is 3.73. The number of hydrogen-bond acceptors (Lipinski definition) is 5. The van der Waals surface area contributed by atoms with Crippen LogP contribution >= 0.6 is 0 Å². The summed E-state index contributed by atoms with van der Waals surface area (Å²) in [6, 6.07) is 0. The fourth-order valence-electron chi connectivity index (χ4n) is 1.20. The van der Waals surface area contributed by atoms with Crippen molar-refractivity contribution in [2.24, 2.45) is 0 Å². The predicted molar refractivity (Wildman–Crippen MR) is 39.4 cm³/mol. The van der Waals surface area contributed by atoms with Crippen LogP contribution in [0.5, 0.6) is 0 Å². The lowest BCUT2D eigenvalue weighted by Crippen LogP contribution is -2.62. The van der Waals surface area contributed by atoms with Crippen molar-refractivity contribution in [3.05, 3.63) is 0 Å². The third kappa shape index (κ3) is 1.34. The summed E-state index contributed by atoms with van der Waals surface area (Å²) in [7, 11) is 1.34. The molecule has 5 heteroatoms. The quantitative estimate of drug-likeness (QED) is 0.453. The predicted octanol–water partition coefficient (Wildman–Crippen LogP) is -1.54. The van der Waals surface area contributed by atoms with E-state index in [1.165, 1.54) is 14.0 Å². The Morgan fingerprint density at radius 2 is 2.00 bits per heavy atom. The van der Waals surface area contributed by atoms with Gasteiger partial charge in [-0.05, 0) is 6.92 Å². The maximum Gasteiger partial charge on any atom is 0.186 e. The average molecular weight is 178 g/mol. The summed E-state index contributed by atoms with van der Waals surface area (Å²) < 4.78 is 9.68. The molecule has 0 unspecified atom stereocenters. The Hall–Kier alpha value is -0.200. The van der Waals surface area contributed by atoms with Crippen LogP contribution in [0.25, 0.3) is 0 Å². The first-order chi connectivity index (χ1) is 5.52. The Morgan fingerprint density at radius 1 is 1.42 bits per heavy atom. The van der Waals surface area contributed by atoms with Crippen LogP contribution in [0.15, 0.2) is 0 Å². The van der Waals surface area contributed by atoms with Crippen molar-refractivity contribution in [3.8, 4) is 0 Å². The lowest BCUT2D eigenvalue weighted by Gasteiger charge is -2.42. The molecule has 3 N–H and O–H groups in total. The van der Waals surface area contributed by atoms with Gasteiger partial charge < -0.3 is 24.8 Å². The number of ether oxygens (including phenoxy) is 2. The zero-order valence-corrected chi connectivity index (χ0v) is 7.10.